The molecule has 0 saturated carbocycles. The fourth-order valence-electron chi connectivity index (χ4n) is 2.20. The second-order valence-electron chi connectivity index (χ2n) is 5.14. The maximum Gasteiger partial charge on any atom is 0.323 e. The smallest absolute Gasteiger partial charge is 0.323 e. The highest BCUT2D eigenvalue weighted by Crippen LogP contribution is 2.30. The fourth-order valence-corrected chi connectivity index (χ4v) is 2.20. The fraction of sp³-hybridized carbons (Fsp3) is 0.647. The Labute approximate surface area is 123 Å². The van der Waals surface area contributed by atoms with Gasteiger partial charge in [0, 0.05) is 0 Å². The molecule has 0 aliphatic rings. The Morgan fingerprint density at radius 2 is 1.70 bits per heavy atom. The first-order chi connectivity index (χ1) is 9.55. The highest BCUT2D eigenvalue weighted by molar-refractivity contribution is 6.04. The summed E-state index contributed by atoms with van der Waals surface area (Å²) in [7, 11) is 0. The molecule has 0 N–H and O–H groups in total. The van der Waals surface area contributed by atoms with E-state index < -0.39 is 11.4 Å². The third-order valence-corrected chi connectivity index (χ3v) is 3.60. The molecule has 0 aromatic heterocycles. The van der Waals surface area contributed by atoms with Gasteiger partial charge in [0.1, 0.15) is 12.0 Å². The van der Waals surface area contributed by atoms with E-state index in [0.717, 1.165) is 19.3 Å². The van der Waals surface area contributed by atoms with Crippen LogP contribution in [0.15, 0.2) is 25.3 Å². The number of carbonyl (C=O) groups is 2. The molecule has 0 spiro atoms. The van der Waals surface area contributed by atoms with Gasteiger partial charge in [0.25, 0.3) is 0 Å². The summed E-state index contributed by atoms with van der Waals surface area (Å²) >= 11 is 0. The van der Waals surface area contributed by atoms with E-state index in [1.54, 1.807) is 0 Å². The molecule has 20 heavy (non-hydrogen) atoms. The first kappa shape index (κ1) is 18.6. The third-order valence-electron chi connectivity index (χ3n) is 3.60. The van der Waals surface area contributed by atoms with Crippen LogP contribution in [-0.4, -0.2) is 18.4 Å². The lowest BCUT2D eigenvalue weighted by molar-refractivity contribution is -0.156. The molecule has 3 nitrogen and oxygen atoms in total. The number of ketones is 1. The lowest BCUT2D eigenvalue weighted by atomic mass is 9.79. The first-order valence-electron chi connectivity index (χ1n) is 7.48. The highest BCUT2D eigenvalue weighted by atomic mass is 16.5. The van der Waals surface area contributed by atoms with Crippen LogP contribution in [0.25, 0.3) is 0 Å². The van der Waals surface area contributed by atoms with E-state index in [-0.39, 0.29) is 12.4 Å². The average Bonchev–Trinajstić information content (AvgIpc) is 2.44. The number of carbonyl (C=O) groups excluding carboxylic acids is 2. The SMILES string of the molecule is C=CCOC(=O)C(C=C)(CCCCCCCC)C(C)=O. The molecule has 0 aliphatic heterocycles. The van der Waals surface area contributed by atoms with Crippen LogP contribution in [-0.2, 0) is 14.3 Å². The van der Waals surface area contributed by atoms with Crippen molar-refractivity contribution in [2.45, 2.75) is 58.8 Å². The number of rotatable bonds is 12. The number of Topliss-reactive ketones (excluding diaryl/α,β-unsaturated/α-hetero) is 1. The van der Waals surface area contributed by atoms with Gasteiger partial charge in [0.2, 0.25) is 0 Å². The summed E-state index contributed by atoms with van der Waals surface area (Å²) in [6, 6.07) is 0. The lowest BCUT2D eigenvalue weighted by Gasteiger charge is -2.25. The average molecular weight is 280 g/mol. The van der Waals surface area contributed by atoms with Crippen molar-refractivity contribution in [2.75, 3.05) is 6.61 Å². The van der Waals surface area contributed by atoms with Gasteiger partial charge < -0.3 is 4.74 Å². The summed E-state index contributed by atoms with van der Waals surface area (Å²) in [6.07, 6.45) is 10.1. The Kier molecular flexibility index (Phi) is 9.69. The Bertz CT molecular complexity index is 333. The van der Waals surface area contributed by atoms with E-state index in [1.165, 1.54) is 38.3 Å². The monoisotopic (exact) mass is 280 g/mol. The minimum atomic E-state index is -1.19. The van der Waals surface area contributed by atoms with Crippen molar-refractivity contribution in [3.05, 3.63) is 25.3 Å². The van der Waals surface area contributed by atoms with Gasteiger partial charge in [-0.25, -0.2) is 0 Å². The summed E-state index contributed by atoms with van der Waals surface area (Å²) in [5.41, 5.74) is -1.19. The molecule has 0 rings (SSSR count). The molecule has 0 aliphatic carbocycles. The molecule has 0 amide bonds. The second-order valence-corrected chi connectivity index (χ2v) is 5.14. The van der Waals surface area contributed by atoms with E-state index in [4.69, 9.17) is 4.74 Å². The van der Waals surface area contributed by atoms with Gasteiger partial charge in [-0.2, -0.15) is 0 Å². The third kappa shape index (κ3) is 5.72. The summed E-state index contributed by atoms with van der Waals surface area (Å²) in [6.45, 7) is 10.9. The van der Waals surface area contributed by atoms with E-state index in [0.29, 0.717) is 6.42 Å². The van der Waals surface area contributed by atoms with Gasteiger partial charge in [-0.1, -0.05) is 64.2 Å². The summed E-state index contributed by atoms with van der Waals surface area (Å²) < 4.78 is 5.06. The zero-order valence-corrected chi connectivity index (χ0v) is 13.0. The largest absolute Gasteiger partial charge is 0.460 e. The second kappa shape index (κ2) is 10.4. The molecule has 0 fully saturated rings. The van der Waals surface area contributed by atoms with Gasteiger partial charge in [-0.15, -0.1) is 6.58 Å². The first-order valence-corrected chi connectivity index (χ1v) is 7.48. The lowest BCUT2D eigenvalue weighted by Crippen LogP contribution is -2.37. The van der Waals surface area contributed by atoms with Crippen molar-refractivity contribution in [3.8, 4) is 0 Å². The van der Waals surface area contributed by atoms with Crippen LogP contribution in [0.1, 0.15) is 58.8 Å². The standard InChI is InChI=1S/C17H28O3/c1-5-8-9-10-11-12-13-17(7-3,15(4)18)16(19)20-14-6-2/h6-7H,2-3,5,8-14H2,1,4H3. The molecule has 0 aromatic carbocycles. The van der Waals surface area contributed by atoms with Gasteiger partial charge in [-0.3, -0.25) is 9.59 Å². The summed E-state index contributed by atoms with van der Waals surface area (Å²) in [4.78, 5) is 24.0. The summed E-state index contributed by atoms with van der Waals surface area (Å²) in [5, 5.41) is 0. The van der Waals surface area contributed by atoms with Crippen molar-refractivity contribution in [2.24, 2.45) is 5.41 Å². The maximum atomic E-state index is 12.1. The summed E-state index contributed by atoms with van der Waals surface area (Å²) in [5.74, 6) is -0.705. The highest BCUT2D eigenvalue weighted by Gasteiger charge is 2.41. The van der Waals surface area contributed by atoms with Crippen LogP contribution in [0.4, 0.5) is 0 Å². The topological polar surface area (TPSA) is 43.4 Å². The Balaban J connectivity index is 4.47. The van der Waals surface area contributed by atoms with Crippen molar-refractivity contribution in [1.29, 1.82) is 0 Å². The normalized spacial score (nSPS) is 13.3. The zero-order valence-electron chi connectivity index (χ0n) is 13.0. The van der Waals surface area contributed by atoms with Crippen LogP contribution in [0.3, 0.4) is 0 Å². The van der Waals surface area contributed by atoms with Crippen molar-refractivity contribution >= 4 is 11.8 Å². The minimum absolute atomic E-state index is 0.123. The molecule has 0 radical (unpaired) electrons. The molecular formula is C17H28O3. The van der Waals surface area contributed by atoms with Crippen LogP contribution >= 0.6 is 0 Å². The number of hydrogen-bond acceptors (Lipinski definition) is 3. The van der Waals surface area contributed by atoms with Crippen LogP contribution < -0.4 is 0 Å². The van der Waals surface area contributed by atoms with E-state index >= 15 is 0 Å². The quantitative estimate of drug-likeness (QED) is 0.232. The van der Waals surface area contributed by atoms with Gasteiger partial charge in [0.05, 0.1) is 0 Å². The number of hydrogen-bond donors (Lipinski definition) is 0. The molecule has 0 saturated heterocycles. The van der Waals surface area contributed by atoms with Crippen LogP contribution in [0, 0.1) is 5.41 Å². The van der Waals surface area contributed by atoms with Crippen molar-refractivity contribution < 1.29 is 14.3 Å². The van der Waals surface area contributed by atoms with Crippen molar-refractivity contribution in [1.82, 2.24) is 0 Å². The van der Waals surface area contributed by atoms with Crippen LogP contribution in [0.5, 0.6) is 0 Å². The molecule has 1 atom stereocenters. The van der Waals surface area contributed by atoms with E-state index in [9.17, 15) is 9.59 Å². The molecule has 0 heterocycles. The Hall–Kier alpha value is -1.38. The van der Waals surface area contributed by atoms with Gasteiger partial charge in [-0.05, 0) is 13.3 Å². The van der Waals surface area contributed by atoms with Gasteiger partial charge in [0.15, 0.2) is 5.78 Å². The predicted octanol–water partition coefficient (Wildman–Crippen LogP) is 4.23. The maximum absolute atomic E-state index is 12.1. The minimum Gasteiger partial charge on any atom is -0.460 e. The van der Waals surface area contributed by atoms with E-state index in [1.807, 2.05) is 0 Å². The molecule has 0 aromatic rings. The van der Waals surface area contributed by atoms with Crippen molar-refractivity contribution in [3.63, 3.8) is 0 Å². The molecule has 0 bridgehead atoms. The number of ether oxygens (including phenoxy) is 1. The Morgan fingerprint density at radius 3 is 2.20 bits per heavy atom. The molecule has 3 heteroatoms. The zero-order chi connectivity index (χ0) is 15.4. The van der Waals surface area contributed by atoms with E-state index in [2.05, 4.69) is 20.1 Å². The van der Waals surface area contributed by atoms with Gasteiger partial charge >= 0.3 is 5.97 Å². The number of esters is 1. The molecular weight excluding hydrogens is 252 g/mol. The molecule has 1 unspecified atom stereocenters. The molecule has 114 valence electrons. The van der Waals surface area contributed by atoms with Crippen LogP contribution in [0.2, 0.25) is 0 Å². The Morgan fingerprint density at radius 1 is 1.10 bits per heavy atom. The number of unbranched alkanes of at least 4 members (excludes halogenated alkanes) is 5. The predicted molar refractivity (Wildman–Crippen MR) is 82.5 cm³/mol.